The molecule has 1 rings (SSSR count). The summed E-state index contributed by atoms with van der Waals surface area (Å²) in [5, 5.41) is 0.130. The van der Waals surface area contributed by atoms with Crippen LogP contribution in [0.4, 0.5) is 18.9 Å². The SMILES string of the molecule is O=C=Nc1ccc(SCC(F)(F)F)c(Cl)c1. The smallest absolute Gasteiger partial charge is 0.211 e. The van der Waals surface area contributed by atoms with Crippen LogP contribution in [-0.4, -0.2) is 18.0 Å². The molecular formula is C9H5ClF3NOS. The third-order valence-corrected chi connectivity index (χ3v) is 3.04. The molecule has 0 aliphatic rings. The van der Waals surface area contributed by atoms with Gasteiger partial charge in [-0.05, 0) is 18.2 Å². The number of hydrogen-bond acceptors (Lipinski definition) is 3. The Morgan fingerprint density at radius 2 is 2.12 bits per heavy atom. The van der Waals surface area contributed by atoms with E-state index in [1.807, 2.05) is 0 Å². The highest BCUT2D eigenvalue weighted by atomic mass is 35.5. The maximum atomic E-state index is 11.9. The van der Waals surface area contributed by atoms with E-state index < -0.39 is 11.9 Å². The third-order valence-electron chi connectivity index (χ3n) is 1.48. The summed E-state index contributed by atoms with van der Waals surface area (Å²) in [4.78, 5) is 13.5. The zero-order chi connectivity index (χ0) is 12.2. The van der Waals surface area contributed by atoms with Gasteiger partial charge in [0, 0.05) is 4.90 Å². The highest BCUT2D eigenvalue weighted by molar-refractivity contribution is 7.99. The van der Waals surface area contributed by atoms with Crippen molar-refractivity contribution in [3.63, 3.8) is 0 Å². The minimum atomic E-state index is -4.24. The standard InChI is InChI=1S/C9H5ClF3NOS/c10-7-3-6(14-5-15)1-2-8(7)16-4-9(11,12)13/h1-3H,4H2. The first-order valence-electron chi connectivity index (χ1n) is 3.99. The van der Waals surface area contributed by atoms with Gasteiger partial charge in [0.15, 0.2) is 0 Å². The number of isocyanates is 1. The Morgan fingerprint density at radius 3 is 2.62 bits per heavy atom. The molecule has 1 aromatic carbocycles. The van der Waals surface area contributed by atoms with Gasteiger partial charge in [0.1, 0.15) is 0 Å². The van der Waals surface area contributed by atoms with Crippen LogP contribution in [0.3, 0.4) is 0 Å². The van der Waals surface area contributed by atoms with Gasteiger partial charge in [-0.1, -0.05) is 11.6 Å². The Balaban J connectivity index is 2.79. The molecule has 0 N–H and O–H groups in total. The second kappa shape index (κ2) is 5.39. The van der Waals surface area contributed by atoms with Gasteiger partial charge in [0.25, 0.3) is 0 Å². The lowest BCUT2D eigenvalue weighted by Crippen LogP contribution is -2.10. The normalized spacial score (nSPS) is 11.0. The van der Waals surface area contributed by atoms with E-state index in [0.717, 1.165) is 0 Å². The van der Waals surface area contributed by atoms with Crippen molar-refractivity contribution in [3.8, 4) is 0 Å². The Hall–Kier alpha value is -0.970. The van der Waals surface area contributed by atoms with Crippen molar-refractivity contribution in [3.05, 3.63) is 23.2 Å². The number of benzene rings is 1. The number of carbonyl (C=O) groups excluding carboxylic acids is 1. The first-order valence-corrected chi connectivity index (χ1v) is 5.36. The zero-order valence-corrected chi connectivity index (χ0v) is 9.29. The van der Waals surface area contributed by atoms with Crippen LogP contribution < -0.4 is 0 Å². The van der Waals surface area contributed by atoms with Crippen LogP contribution in [-0.2, 0) is 4.79 Å². The lowest BCUT2D eigenvalue weighted by Gasteiger charge is -2.07. The predicted octanol–water partition coefficient (Wildman–Crippen LogP) is 3.96. The summed E-state index contributed by atoms with van der Waals surface area (Å²) in [7, 11) is 0. The van der Waals surface area contributed by atoms with Crippen LogP contribution in [0.5, 0.6) is 0 Å². The molecule has 0 amide bonds. The fraction of sp³-hybridized carbons (Fsp3) is 0.222. The Bertz CT molecular complexity index is 429. The fourth-order valence-electron chi connectivity index (χ4n) is 0.889. The molecule has 0 bridgehead atoms. The number of alkyl halides is 3. The van der Waals surface area contributed by atoms with Crippen LogP contribution in [0.2, 0.25) is 5.02 Å². The lowest BCUT2D eigenvalue weighted by molar-refractivity contribution is -0.105. The number of hydrogen-bond donors (Lipinski definition) is 0. The molecule has 16 heavy (non-hydrogen) atoms. The molecule has 86 valence electrons. The Kier molecular flexibility index (Phi) is 4.41. The Labute approximate surface area is 98.5 Å². The number of nitrogens with zero attached hydrogens (tertiary/aromatic N) is 1. The quantitative estimate of drug-likeness (QED) is 0.471. The van der Waals surface area contributed by atoms with Crippen LogP contribution >= 0.6 is 23.4 Å². The lowest BCUT2D eigenvalue weighted by atomic mass is 10.3. The van der Waals surface area contributed by atoms with Gasteiger partial charge in [-0.3, -0.25) is 0 Å². The summed E-state index contributed by atoms with van der Waals surface area (Å²) in [6.45, 7) is 0. The van der Waals surface area contributed by atoms with E-state index in [9.17, 15) is 18.0 Å². The average molecular weight is 268 g/mol. The third kappa shape index (κ3) is 4.26. The molecule has 0 spiro atoms. The number of thioether (sulfide) groups is 1. The molecule has 0 radical (unpaired) electrons. The molecule has 7 heteroatoms. The molecule has 2 nitrogen and oxygen atoms in total. The second-order valence-electron chi connectivity index (χ2n) is 2.72. The van der Waals surface area contributed by atoms with Crippen molar-refractivity contribution in [1.82, 2.24) is 0 Å². The molecule has 0 fully saturated rings. The van der Waals surface area contributed by atoms with Crippen LogP contribution in [0.15, 0.2) is 28.1 Å². The summed E-state index contributed by atoms with van der Waals surface area (Å²) in [6.07, 6.45) is -2.93. The number of halogens is 4. The van der Waals surface area contributed by atoms with Crippen LogP contribution in [0.25, 0.3) is 0 Å². The molecule has 0 unspecified atom stereocenters. The average Bonchev–Trinajstić information content (AvgIpc) is 2.15. The minimum Gasteiger partial charge on any atom is -0.211 e. The van der Waals surface area contributed by atoms with E-state index in [4.69, 9.17) is 11.6 Å². The van der Waals surface area contributed by atoms with Gasteiger partial charge < -0.3 is 0 Å². The molecular weight excluding hydrogens is 263 g/mol. The zero-order valence-electron chi connectivity index (χ0n) is 7.71. The molecule has 0 aromatic heterocycles. The monoisotopic (exact) mass is 267 g/mol. The van der Waals surface area contributed by atoms with E-state index in [-0.39, 0.29) is 10.7 Å². The summed E-state index contributed by atoms with van der Waals surface area (Å²) < 4.78 is 35.8. The van der Waals surface area contributed by atoms with E-state index in [2.05, 4.69) is 4.99 Å². The van der Waals surface area contributed by atoms with Crippen molar-refractivity contribution in [2.24, 2.45) is 4.99 Å². The highest BCUT2D eigenvalue weighted by Crippen LogP contribution is 2.33. The van der Waals surface area contributed by atoms with E-state index in [0.29, 0.717) is 16.7 Å². The van der Waals surface area contributed by atoms with Crippen LogP contribution in [0, 0.1) is 0 Å². The predicted molar refractivity (Wildman–Crippen MR) is 56.0 cm³/mol. The number of rotatable bonds is 3. The second-order valence-corrected chi connectivity index (χ2v) is 4.15. The summed E-state index contributed by atoms with van der Waals surface area (Å²) in [5.41, 5.74) is 0.261. The largest absolute Gasteiger partial charge is 0.398 e. The maximum Gasteiger partial charge on any atom is 0.398 e. The summed E-state index contributed by atoms with van der Waals surface area (Å²) in [6, 6.07) is 4.09. The van der Waals surface area contributed by atoms with Crippen LogP contribution in [0.1, 0.15) is 0 Å². The summed E-state index contributed by atoms with van der Waals surface area (Å²) >= 11 is 6.30. The van der Waals surface area contributed by atoms with Crippen molar-refractivity contribution >= 4 is 35.1 Å². The van der Waals surface area contributed by atoms with Crippen molar-refractivity contribution < 1.29 is 18.0 Å². The number of aliphatic imine (C=N–C) groups is 1. The molecule has 0 saturated heterocycles. The van der Waals surface area contributed by atoms with Gasteiger partial charge in [0.05, 0.1) is 16.5 Å². The van der Waals surface area contributed by atoms with Gasteiger partial charge in [-0.15, -0.1) is 11.8 Å². The molecule has 0 aliphatic heterocycles. The van der Waals surface area contributed by atoms with Gasteiger partial charge in [-0.2, -0.15) is 18.2 Å². The minimum absolute atomic E-state index is 0.130. The van der Waals surface area contributed by atoms with Gasteiger partial charge in [0.2, 0.25) is 6.08 Å². The topological polar surface area (TPSA) is 29.4 Å². The molecule has 0 heterocycles. The van der Waals surface area contributed by atoms with E-state index in [1.165, 1.54) is 24.3 Å². The van der Waals surface area contributed by atoms with Crippen molar-refractivity contribution in [2.45, 2.75) is 11.1 Å². The molecule has 0 aliphatic carbocycles. The molecule has 1 aromatic rings. The van der Waals surface area contributed by atoms with E-state index >= 15 is 0 Å². The first-order chi connectivity index (χ1) is 7.42. The van der Waals surface area contributed by atoms with E-state index in [1.54, 1.807) is 0 Å². The summed E-state index contributed by atoms with van der Waals surface area (Å²) in [5.74, 6) is -1.01. The van der Waals surface area contributed by atoms with Crippen molar-refractivity contribution in [1.29, 1.82) is 0 Å². The maximum absolute atomic E-state index is 11.9. The molecule has 0 saturated carbocycles. The van der Waals surface area contributed by atoms with Gasteiger partial charge >= 0.3 is 6.18 Å². The van der Waals surface area contributed by atoms with Gasteiger partial charge in [-0.25, -0.2) is 4.79 Å². The highest BCUT2D eigenvalue weighted by Gasteiger charge is 2.27. The Morgan fingerprint density at radius 1 is 1.44 bits per heavy atom. The fourth-order valence-corrected chi connectivity index (χ4v) is 1.91. The molecule has 0 atom stereocenters. The van der Waals surface area contributed by atoms with Crippen molar-refractivity contribution in [2.75, 3.05) is 5.75 Å². The first kappa shape index (κ1) is 13.1.